The fraction of sp³-hybridized carbons (Fsp3) is 0.429. The number of hydrogen-bond acceptors (Lipinski definition) is 3. The molecular formula is C21H29NO2. The van der Waals surface area contributed by atoms with Crippen LogP contribution in [0.25, 0.3) is 0 Å². The molecule has 0 aliphatic heterocycles. The summed E-state index contributed by atoms with van der Waals surface area (Å²) in [6, 6.07) is 17.8. The van der Waals surface area contributed by atoms with Crippen LogP contribution in [0, 0.1) is 5.92 Å². The number of benzene rings is 2. The summed E-state index contributed by atoms with van der Waals surface area (Å²) >= 11 is 0. The maximum Gasteiger partial charge on any atom is 0.147 e. The number of rotatable bonds is 10. The maximum atomic E-state index is 6.04. The van der Waals surface area contributed by atoms with Crippen molar-refractivity contribution in [1.29, 1.82) is 0 Å². The molecule has 2 aromatic carbocycles. The van der Waals surface area contributed by atoms with Gasteiger partial charge in [-0.15, -0.1) is 0 Å². The molecule has 0 aromatic heterocycles. The van der Waals surface area contributed by atoms with Gasteiger partial charge in [-0.2, -0.15) is 0 Å². The van der Waals surface area contributed by atoms with E-state index in [1.807, 2.05) is 42.5 Å². The summed E-state index contributed by atoms with van der Waals surface area (Å²) in [5.74, 6) is 2.38. The second-order valence-corrected chi connectivity index (χ2v) is 6.58. The van der Waals surface area contributed by atoms with Gasteiger partial charge in [0.1, 0.15) is 24.3 Å². The molecule has 0 heterocycles. The molecule has 0 saturated heterocycles. The highest BCUT2D eigenvalue weighted by molar-refractivity contribution is 5.31. The lowest BCUT2D eigenvalue weighted by atomic mass is 10.1. The quantitative estimate of drug-likeness (QED) is 0.485. The molecule has 2 N–H and O–H groups in total. The molecule has 0 aliphatic rings. The molecule has 0 aliphatic carbocycles. The molecule has 3 nitrogen and oxygen atoms in total. The van der Waals surface area contributed by atoms with Gasteiger partial charge in [0.05, 0.1) is 0 Å². The smallest absolute Gasteiger partial charge is 0.147 e. The van der Waals surface area contributed by atoms with Crippen molar-refractivity contribution in [2.75, 3.05) is 0 Å². The minimum atomic E-state index is -0.242. The van der Waals surface area contributed by atoms with E-state index in [0.717, 1.165) is 35.8 Å². The van der Waals surface area contributed by atoms with Gasteiger partial charge in [-0.05, 0) is 48.6 Å². The van der Waals surface area contributed by atoms with Gasteiger partial charge in [0, 0.05) is 0 Å². The zero-order valence-corrected chi connectivity index (χ0v) is 14.8. The van der Waals surface area contributed by atoms with Crippen molar-refractivity contribution in [3.8, 4) is 11.5 Å². The second kappa shape index (κ2) is 9.99. The largest absolute Gasteiger partial charge is 0.489 e. The van der Waals surface area contributed by atoms with Crippen molar-refractivity contribution in [1.82, 2.24) is 0 Å². The van der Waals surface area contributed by atoms with E-state index in [1.54, 1.807) is 0 Å². The number of ether oxygens (including phenoxy) is 2. The lowest BCUT2D eigenvalue weighted by Crippen LogP contribution is -2.26. The van der Waals surface area contributed by atoms with E-state index in [9.17, 15) is 0 Å². The molecule has 0 bridgehead atoms. The Morgan fingerprint density at radius 2 is 1.46 bits per heavy atom. The highest BCUT2D eigenvalue weighted by atomic mass is 16.5. The molecule has 2 aromatic rings. The molecule has 1 atom stereocenters. The van der Waals surface area contributed by atoms with Gasteiger partial charge in [-0.25, -0.2) is 0 Å². The fourth-order valence-electron chi connectivity index (χ4n) is 2.49. The molecule has 2 rings (SSSR count). The number of hydrogen-bond donors (Lipinski definition) is 1. The number of unbranched alkanes of at least 4 members (excludes halogenated alkanes) is 1. The Hall–Kier alpha value is -2.00. The molecule has 3 heteroatoms. The zero-order chi connectivity index (χ0) is 17.2. The van der Waals surface area contributed by atoms with Crippen molar-refractivity contribution in [3.63, 3.8) is 0 Å². The van der Waals surface area contributed by atoms with Gasteiger partial charge in [0.25, 0.3) is 0 Å². The van der Waals surface area contributed by atoms with Crippen LogP contribution >= 0.6 is 0 Å². The third-order valence-corrected chi connectivity index (χ3v) is 3.88. The summed E-state index contributed by atoms with van der Waals surface area (Å²) < 4.78 is 11.5. The average Bonchev–Trinajstić information content (AvgIpc) is 2.59. The van der Waals surface area contributed by atoms with Crippen molar-refractivity contribution >= 4 is 0 Å². The van der Waals surface area contributed by atoms with Gasteiger partial charge in [-0.1, -0.05) is 57.0 Å². The van der Waals surface area contributed by atoms with Crippen LogP contribution in [0.1, 0.15) is 45.1 Å². The lowest BCUT2D eigenvalue weighted by Gasteiger charge is -2.15. The van der Waals surface area contributed by atoms with E-state index >= 15 is 0 Å². The monoisotopic (exact) mass is 327 g/mol. The summed E-state index contributed by atoms with van der Waals surface area (Å²) in [6.07, 6.45) is 4.21. The first-order valence-electron chi connectivity index (χ1n) is 8.82. The van der Waals surface area contributed by atoms with Gasteiger partial charge in [-0.3, -0.25) is 5.73 Å². The predicted octanol–water partition coefficient (Wildman–Crippen LogP) is 5.15. The summed E-state index contributed by atoms with van der Waals surface area (Å²) in [6.45, 7) is 5.06. The van der Waals surface area contributed by atoms with Crippen LogP contribution in [0.4, 0.5) is 0 Å². The van der Waals surface area contributed by atoms with Crippen LogP contribution in [0.3, 0.4) is 0 Å². The Bertz CT molecular complexity index is 566. The topological polar surface area (TPSA) is 44.5 Å². The Morgan fingerprint density at radius 1 is 0.833 bits per heavy atom. The van der Waals surface area contributed by atoms with E-state index in [4.69, 9.17) is 15.2 Å². The maximum absolute atomic E-state index is 6.04. The third-order valence-electron chi connectivity index (χ3n) is 3.88. The van der Waals surface area contributed by atoms with Crippen LogP contribution in [0.15, 0.2) is 54.6 Å². The SMILES string of the molecule is CC(C)CCCCC(N)Oc1ccc(OCc2ccccc2)cc1. The average molecular weight is 327 g/mol. The molecule has 1 unspecified atom stereocenters. The Morgan fingerprint density at radius 3 is 2.12 bits per heavy atom. The second-order valence-electron chi connectivity index (χ2n) is 6.58. The molecular weight excluding hydrogens is 298 g/mol. The highest BCUT2D eigenvalue weighted by Crippen LogP contribution is 2.20. The summed E-state index contributed by atoms with van der Waals surface area (Å²) in [5.41, 5.74) is 7.20. The van der Waals surface area contributed by atoms with E-state index < -0.39 is 0 Å². The van der Waals surface area contributed by atoms with E-state index in [2.05, 4.69) is 26.0 Å². The van der Waals surface area contributed by atoms with Gasteiger partial charge in [0.15, 0.2) is 0 Å². The standard InChI is InChI=1S/C21H29NO2/c1-17(2)8-6-7-11-21(22)24-20-14-12-19(13-15-20)23-16-18-9-4-3-5-10-18/h3-5,9-10,12-15,17,21H,6-8,11,16,22H2,1-2H3. The number of nitrogens with two attached hydrogens (primary N) is 1. The van der Waals surface area contributed by atoms with Crippen LogP contribution in [0.2, 0.25) is 0 Å². The van der Waals surface area contributed by atoms with Gasteiger partial charge in [0.2, 0.25) is 0 Å². The normalized spacial score (nSPS) is 12.2. The molecule has 0 amide bonds. The summed E-state index contributed by atoms with van der Waals surface area (Å²) in [7, 11) is 0. The molecule has 0 spiro atoms. The van der Waals surface area contributed by atoms with Crippen LogP contribution in [-0.4, -0.2) is 6.23 Å². The van der Waals surface area contributed by atoms with Gasteiger partial charge >= 0.3 is 0 Å². The molecule has 24 heavy (non-hydrogen) atoms. The van der Waals surface area contributed by atoms with Gasteiger partial charge < -0.3 is 9.47 Å². The van der Waals surface area contributed by atoms with Crippen molar-refractivity contribution in [2.45, 2.75) is 52.4 Å². The van der Waals surface area contributed by atoms with E-state index in [-0.39, 0.29) is 6.23 Å². The lowest BCUT2D eigenvalue weighted by molar-refractivity contribution is 0.193. The van der Waals surface area contributed by atoms with Crippen LogP contribution in [-0.2, 0) is 6.61 Å². The Labute approximate surface area is 145 Å². The Kier molecular flexibility index (Phi) is 7.63. The first-order chi connectivity index (χ1) is 11.6. The van der Waals surface area contributed by atoms with Crippen LogP contribution < -0.4 is 15.2 Å². The fourth-order valence-corrected chi connectivity index (χ4v) is 2.49. The molecule has 0 radical (unpaired) electrons. The third kappa shape index (κ3) is 7.05. The Balaban J connectivity index is 1.71. The first kappa shape index (κ1) is 18.3. The molecule has 0 saturated carbocycles. The first-order valence-corrected chi connectivity index (χ1v) is 8.82. The van der Waals surface area contributed by atoms with Crippen molar-refractivity contribution in [2.24, 2.45) is 11.7 Å². The van der Waals surface area contributed by atoms with Crippen molar-refractivity contribution < 1.29 is 9.47 Å². The summed E-state index contributed by atoms with van der Waals surface area (Å²) in [4.78, 5) is 0. The molecule has 130 valence electrons. The van der Waals surface area contributed by atoms with Crippen LogP contribution in [0.5, 0.6) is 11.5 Å². The predicted molar refractivity (Wildman–Crippen MR) is 99.1 cm³/mol. The molecule has 0 fully saturated rings. The van der Waals surface area contributed by atoms with Crippen molar-refractivity contribution in [3.05, 3.63) is 60.2 Å². The summed E-state index contributed by atoms with van der Waals surface area (Å²) in [5, 5.41) is 0. The highest BCUT2D eigenvalue weighted by Gasteiger charge is 2.05. The van der Waals surface area contributed by atoms with E-state index in [0.29, 0.717) is 6.61 Å². The minimum absolute atomic E-state index is 0.242. The van der Waals surface area contributed by atoms with E-state index in [1.165, 1.54) is 12.8 Å². The minimum Gasteiger partial charge on any atom is -0.489 e. The zero-order valence-electron chi connectivity index (χ0n) is 14.8.